The van der Waals surface area contributed by atoms with Crippen LogP contribution in [0.3, 0.4) is 0 Å². The zero-order valence-corrected chi connectivity index (χ0v) is 17.8. The van der Waals surface area contributed by atoms with Crippen molar-refractivity contribution in [2.45, 2.75) is 6.10 Å². The Labute approximate surface area is 176 Å². The number of ether oxygens (including phenoxy) is 2. The van der Waals surface area contributed by atoms with E-state index in [4.69, 9.17) is 9.47 Å². The molecule has 1 fully saturated rings. The van der Waals surface area contributed by atoms with Gasteiger partial charge in [-0.3, -0.25) is 9.10 Å². The fraction of sp³-hybridized carbons (Fsp3) is 0.381. The van der Waals surface area contributed by atoms with Crippen LogP contribution in [0.15, 0.2) is 48.5 Å². The molecule has 160 valence electrons. The predicted molar refractivity (Wildman–Crippen MR) is 115 cm³/mol. The van der Waals surface area contributed by atoms with Crippen LogP contribution in [0.2, 0.25) is 0 Å². The zero-order chi connectivity index (χ0) is 21.3. The van der Waals surface area contributed by atoms with E-state index in [0.29, 0.717) is 37.6 Å². The molecule has 2 heterocycles. The summed E-state index contributed by atoms with van der Waals surface area (Å²) in [6.45, 7) is 2.46. The molecule has 1 unspecified atom stereocenters. The monoisotopic (exact) mass is 431 g/mol. The second-order valence-electron chi connectivity index (χ2n) is 7.38. The van der Waals surface area contributed by atoms with Gasteiger partial charge in [-0.2, -0.15) is 0 Å². The third-order valence-electron chi connectivity index (χ3n) is 5.44. The van der Waals surface area contributed by atoms with Gasteiger partial charge in [-0.1, -0.05) is 12.1 Å². The number of para-hydroxylation sites is 2. The summed E-state index contributed by atoms with van der Waals surface area (Å²) in [6, 6.07) is 14.7. The van der Waals surface area contributed by atoms with Crippen molar-refractivity contribution in [1.82, 2.24) is 4.90 Å². The first-order valence-electron chi connectivity index (χ1n) is 9.78. The van der Waals surface area contributed by atoms with Gasteiger partial charge in [-0.25, -0.2) is 8.42 Å². The number of anilines is 2. The van der Waals surface area contributed by atoms with Crippen molar-refractivity contribution in [2.24, 2.45) is 0 Å². The molecule has 0 bridgehead atoms. The normalized spacial score (nSPS) is 19.1. The van der Waals surface area contributed by atoms with E-state index in [0.717, 1.165) is 17.7 Å². The number of carbonyl (C=O) groups excluding carboxylic acids is 1. The summed E-state index contributed by atoms with van der Waals surface area (Å²) in [7, 11) is -1.89. The minimum atomic E-state index is -3.52. The van der Waals surface area contributed by atoms with Gasteiger partial charge >= 0.3 is 0 Å². The van der Waals surface area contributed by atoms with Crippen LogP contribution < -0.4 is 18.7 Å². The van der Waals surface area contributed by atoms with Crippen LogP contribution in [0, 0.1) is 0 Å². The van der Waals surface area contributed by atoms with Gasteiger partial charge in [0.2, 0.25) is 10.0 Å². The minimum Gasteiger partial charge on any atom is -0.497 e. The number of sulfonamides is 1. The molecule has 2 aliphatic rings. The average Bonchev–Trinajstić information content (AvgIpc) is 2.77. The molecule has 9 heteroatoms. The van der Waals surface area contributed by atoms with Gasteiger partial charge in [-0.15, -0.1) is 0 Å². The maximum atomic E-state index is 13.1. The van der Waals surface area contributed by atoms with Crippen LogP contribution in [-0.4, -0.2) is 71.4 Å². The highest BCUT2D eigenvalue weighted by atomic mass is 32.2. The number of amides is 1. The highest BCUT2D eigenvalue weighted by molar-refractivity contribution is 7.92. The van der Waals surface area contributed by atoms with E-state index < -0.39 is 16.1 Å². The third kappa shape index (κ3) is 4.02. The Morgan fingerprint density at radius 3 is 2.33 bits per heavy atom. The van der Waals surface area contributed by atoms with Gasteiger partial charge in [0.25, 0.3) is 5.91 Å². The maximum absolute atomic E-state index is 13.1. The Morgan fingerprint density at radius 1 is 1.03 bits per heavy atom. The van der Waals surface area contributed by atoms with Crippen molar-refractivity contribution in [3.8, 4) is 11.5 Å². The quantitative estimate of drug-likeness (QED) is 0.731. The van der Waals surface area contributed by atoms with E-state index in [2.05, 4.69) is 4.90 Å². The molecule has 0 aromatic heterocycles. The summed E-state index contributed by atoms with van der Waals surface area (Å²) in [5.41, 5.74) is 1.54. The summed E-state index contributed by atoms with van der Waals surface area (Å²) in [5, 5.41) is 0. The first kappa shape index (κ1) is 20.3. The Morgan fingerprint density at radius 2 is 1.70 bits per heavy atom. The molecule has 0 N–H and O–H groups in total. The molecule has 4 rings (SSSR count). The fourth-order valence-electron chi connectivity index (χ4n) is 3.83. The van der Waals surface area contributed by atoms with Crippen molar-refractivity contribution >= 4 is 27.3 Å². The maximum Gasteiger partial charge on any atom is 0.265 e. The number of fused-ring (bicyclic) bond motifs is 1. The number of carbonyl (C=O) groups is 1. The van der Waals surface area contributed by atoms with Crippen molar-refractivity contribution in [1.29, 1.82) is 0 Å². The van der Waals surface area contributed by atoms with Crippen LogP contribution in [0.4, 0.5) is 11.4 Å². The summed E-state index contributed by atoms with van der Waals surface area (Å²) in [6.07, 6.45) is 0.284. The Balaban J connectivity index is 1.44. The SMILES string of the molecule is COc1ccc(N2CCN(C(=O)C3CN(S(C)(=O)=O)c4ccccc4O3)CC2)cc1. The van der Waals surface area contributed by atoms with Crippen molar-refractivity contribution in [3.05, 3.63) is 48.5 Å². The molecule has 2 aliphatic heterocycles. The number of nitrogens with zero attached hydrogens (tertiary/aromatic N) is 3. The molecule has 2 aromatic carbocycles. The molecule has 2 aromatic rings. The lowest BCUT2D eigenvalue weighted by atomic mass is 10.2. The lowest BCUT2D eigenvalue weighted by Crippen LogP contribution is -2.56. The van der Waals surface area contributed by atoms with Gasteiger partial charge in [-0.05, 0) is 36.4 Å². The third-order valence-corrected chi connectivity index (χ3v) is 6.59. The Bertz CT molecular complexity index is 1020. The van der Waals surface area contributed by atoms with Gasteiger partial charge < -0.3 is 19.3 Å². The fourth-order valence-corrected chi connectivity index (χ4v) is 4.74. The standard InChI is InChI=1S/C21H25N3O5S/c1-28-17-9-7-16(8-10-17)22-11-13-23(14-12-22)21(25)20-15-24(30(2,26)27)18-5-3-4-6-19(18)29-20/h3-10,20H,11-15H2,1-2H3. The summed E-state index contributed by atoms with van der Waals surface area (Å²) < 4.78 is 36.9. The zero-order valence-electron chi connectivity index (χ0n) is 17.0. The first-order chi connectivity index (χ1) is 14.4. The van der Waals surface area contributed by atoms with E-state index >= 15 is 0 Å². The summed E-state index contributed by atoms with van der Waals surface area (Å²) in [4.78, 5) is 17.1. The summed E-state index contributed by atoms with van der Waals surface area (Å²) >= 11 is 0. The number of piperazine rings is 1. The average molecular weight is 432 g/mol. The summed E-state index contributed by atoms with van der Waals surface area (Å²) in [5.74, 6) is 1.02. The lowest BCUT2D eigenvalue weighted by molar-refractivity contribution is -0.138. The van der Waals surface area contributed by atoms with Crippen LogP contribution in [0.5, 0.6) is 11.5 Å². The molecule has 1 atom stereocenters. The topological polar surface area (TPSA) is 79.4 Å². The molecule has 0 aliphatic carbocycles. The van der Waals surface area contributed by atoms with Crippen molar-refractivity contribution in [3.63, 3.8) is 0 Å². The lowest BCUT2D eigenvalue weighted by Gasteiger charge is -2.40. The molecule has 0 saturated carbocycles. The number of benzene rings is 2. The highest BCUT2D eigenvalue weighted by Gasteiger charge is 2.37. The van der Waals surface area contributed by atoms with Crippen molar-refractivity contribution in [2.75, 3.05) is 55.3 Å². The van der Waals surface area contributed by atoms with Crippen LogP contribution >= 0.6 is 0 Å². The van der Waals surface area contributed by atoms with E-state index in [1.807, 2.05) is 24.3 Å². The molecule has 0 spiro atoms. The van der Waals surface area contributed by atoms with Gasteiger partial charge in [0.1, 0.15) is 11.5 Å². The Hall–Kier alpha value is -2.94. The van der Waals surface area contributed by atoms with Gasteiger partial charge in [0.15, 0.2) is 6.10 Å². The number of rotatable bonds is 4. The molecular weight excluding hydrogens is 406 g/mol. The Kier molecular flexibility index (Phi) is 5.46. The first-order valence-corrected chi connectivity index (χ1v) is 11.6. The van der Waals surface area contributed by atoms with Gasteiger partial charge in [0, 0.05) is 31.9 Å². The van der Waals surface area contributed by atoms with Crippen molar-refractivity contribution < 1.29 is 22.7 Å². The molecule has 30 heavy (non-hydrogen) atoms. The minimum absolute atomic E-state index is 0.0205. The molecule has 1 amide bonds. The molecule has 8 nitrogen and oxygen atoms in total. The second kappa shape index (κ2) is 8.06. The predicted octanol–water partition coefficient (Wildman–Crippen LogP) is 1.57. The number of hydrogen-bond acceptors (Lipinski definition) is 6. The van der Waals surface area contributed by atoms with Crippen LogP contribution in [0.25, 0.3) is 0 Å². The second-order valence-corrected chi connectivity index (χ2v) is 9.29. The number of methoxy groups -OCH3 is 1. The molecular formula is C21H25N3O5S. The van der Waals surface area contributed by atoms with E-state index in [1.54, 1.807) is 36.3 Å². The van der Waals surface area contributed by atoms with E-state index in [1.165, 1.54) is 4.31 Å². The van der Waals surface area contributed by atoms with E-state index in [-0.39, 0.29) is 12.5 Å². The van der Waals surface area contributed by atoms with Crippen LogP contribution in [-0.2, 0) is 14.8 Å². The van der Waals surface area contributed by atoms with Gasteiger partial charge in [0.05, 0.1) is 25.6 Å². The molecule has 1 saturated heterocycles. The molecule has 0 radical (unpaired) electrons. The highest BCUT2D eigenvalue weighted by Crippen LogP contribution is 2.35. The number of hydrogen-bond donors (Lipinski definition) is 0. The van der Waals surface area contributed by atoms with E-state index in [9.17, 15) is 13.2 Å². The van der Waals surface area contributed by atoms with Crippen LogP contribution in [0.1, 0.15) is 0 Å². The smallest absolute Gasteiger partial charge is 0.265 e. The largest absolute Gasteiger partial charge is 0.497 e.